The zero-order valence-corrected chi connectivity index (χ0v) is 13.9. The molecule has 22 heavy (non-hydrogen) atoms. The molecule has 0 aromatic rings. The van der Waals surface area contributed by atoms with Gasteiger partial charge in [0.2, 0.25) is 15.9 Å². The van der Waals surface area contributed by atoms with Crippen LogP contribution in [0.5, 0.6) is 0 Å². The van der Waals surface area contributed by atoms with Gasteiger partial charge in [-0.25, -0.2) is 8.42 Å². The third kappa shape index (κ3) is 3.12. The van der Waals surface area contributed by atoms with E-state index in [2.05, 4.69) is 0 Å². The number of amides is 1. The molecule has 8 heteroatoms. The Bertz CT molecular complexity index is 547. The number of sulfonamides is 1. The molecule has 1 amide bonds. The lowest BCUT2D eigenvalue weighted by molar-refractivity contribution is -0.143. The minimum Gasteiger partial charge on any atom is -0.481 e. The zero-order chi connectivity index (χ0) is 16.5. The Morgan fingerprint density at radius 2 is 1.91 bits per heavy atom. The van der Waals surface area contributed by atoms with Crippen LogP contribution >= 0.6 is 0 Å². The van der Waals surface area contributed by atoms with Crippen LogP contribution in [0.4, 0.5) is 0 Å². The Kier molecular flexibility index (Phi) is 5.11. The Morgan fingerprint density at radius 1 is 1.23 bits per heavy atom. The third-order valence-electron chi connectivity index (χ3n) is 4.66. The summed E-state index contributed by atoms with van der Waals surface area (Å²) in [5.41, 5.74) is 0. The van der Waals surface area contributed by atoms with Gasteiger partial charge >= 0.3 is 5.97 Å². The van der Waals surface area contributed by atoms with Gasteiger partial charge in [-0.2, -0.15) is 4.31 Å². The van der Waals surface area contributed by atoms with Crippen LogP contribution in [0.1, 0.15) is 39.5 Å². The van der Waals surface area contributed by atoms with Gasteiger partial charge in [-0.15, -0.1) is 0 Å². The number of carbonyl (C=O) groups is 2. The SMILES string of the molecule is CCCS(=O)(=O)N1CCCC1C(=O)N1CCC(C(=O)O)C1C. The highest BCUT2D eigenvalue weighted by atomic mass is 32.2. The number of aliphatic carboxylic acids is 1. The second-order valence-electron chi connectivity index (χ2n) is 6.09. The van der Waals surface area contributed by atoms with Crippen molar-refractivity contribution in [3.8, 4) is 0 Å². The first kappa shape index (κ1) is 17.2. The summed E-state index contributed by atoms with van der Waals surface area (Å²) in [6.07, 6.45) is 2.13. The maximum atomic E-state index is 12.7. The van der Waals surface area contributed by atoms with Crippen molar-refractivity contribution < 1.29 is 23.1 Å². The highest BCUT2D eigenvalue weighted by Gasteiger charge is 2.45. The summed E-state index contributed by atoms with van der Waals surface area (Å²) in [5.74, 6) is -1.66. The van der Waals surface area contributed by atoms with E-state index in [1.165, 1.54) is 4.31 Å². The molecule has 3 atom stereocenters. The number of carbonyl (C=O) groups excluding carboxylic acids is 1. The van der Waals surface area contributed by atoms with Crippen LogP contribution < -0.4 is 0 Å². The summed E-state index contributed by atoms with van der Waals surface area (Å²) >= 11 is 0. The average molecular weight is 332 g/mol. The van der Waals surface area contributed by atoms with E-state index >= 15 is 0 Å². The minimum absolute atomic E-state index is 0.0457. The molecule has 2 aliphatic rings. The van der Waals surface area contributed by atoms with Crippen molar-refractivity contribution in [1.29, 1.82) is 0 Å². The van der Waals surface area contributed by atoms with E-state index in [4.69, 9.17) is 5.11 Å². The fourth-order valence-corrected chi connectivity index (χ4v) is 5.21. The molecule has 2 heterocycles. The van der Waals surface area contributed by atoms with Gasteiger partial charge in [0.05, 0.1) is 11.7 Å². The lowest BCUT2D eigenvalue weighted by Crippen LogP contribution is -2.50. The number of carboxylic acids is 1. The van der Waals surface area contributed by atoms with Gasteiger partial charge in [-0.3, -0.25) is 9.59 Å². The van der Waals surface area contributed by atoms with Crippen molar-refractivity contribution in [2.75, 3.05) is 18.8 Å². The first-order valence-electron chi connectivity index (χ1n) is 7.82. The maximum Gasteiger partial charge on any atom is 0.308 e. The minimum atomic E-state index is -3.41. The molecular formula is C14H24N2O5S. The number of hydrogen-bond donors (Lipinski definition) is 1. The van der Waals surface area contributed by atoms with Gasteiger partial charge in [-0.1, -0.05) is 6.92 Å². The predicted octanol–water partition coefficient (Wildman–Crippen LogP) is 0.512. The van der Waals surface area contributed by atoms with Crippen molar-refractivity contribution in [2.24, 2.45) is 5.92 Å². The molecule has 0 saturated carbocycles. The standard InChI is InChI=1S/C14H24N2O5S/c1-3-9-22(20,21)16-7-4-5-12(16)13(17)15-8-6-11(10(15)2)14(18)19/h10-12H,3-9H2,1-2H3,(H,18,19). The number of nitrogens with zero attached hydrogens (tertiary/aromatic N) is 2. The first-order chi connectivity index (χ1) is 10.3. The van der Waals surface area contributed by atoms with Crippen molar-refractivity contribution in [3.63, 3.8) is 0 Å². The van der Waals surface area contributed by atoms with E-state index in [1.807, 2.05) is 0 Å². The van der Waals surface area contributed by atoms with Crippen LogP contribution in [-0.4, -0.2) is 65.5 Å². The molecule has 2 rings (SSSR count). The number of hydrogen-bond acceptors (Lipinski definition) is 4. The zero-order valence-electron chi connectivity index (χ0n) is 13.1. The maximum absolute atomic E-state index is 12.7. The number of rotatable bonds is 5. The largest absolute Gasteiger partial charge is 0.481 e. The summed E-state index contributed by atoms with van der Waals surface area (Å²) in [4.78, 5) is 25.4. The van der Waals surface area contributed by atoms with Crippen LogP contribution in [0.25, 0.3) is 0 Å². The summed E-state index contributed by atoms with van der Waals surface area (Å²) < 4.78 is 25.9. The summed E-state index contributed by atoms with van der Waals surface area (Å²) in [7, 11) is -3.41. The fourth-order valence-electron chi connectivity index (χ4n) is 3.47. The molecule has 2 fully saturated rings. The Labute approximate surface area is 131 Å². The van der Waals surface area contributed by atoms with Gasteiger partial charge in [0, 0.05) is 19.1 Å². The summed E-state index contributed by atoms with van der Waals surface area (Å²) in [5, 5.41) is 9.16. The number of carboxylic acid groups (broad SMARTS) is 1. The monoisotopic (exact) mass is 332 g/mol. The smallest absolute Gasteiger partial charge is 0.308 e. The lowest BCUT2D eigenvalue weighted by Gasteiger charge is -2.30. The van der Waals surface area contributed by atoms with E-state index in [9.17, 15) is 18.0 Å². The van der Waals surface area contributed by atoms with Gasteiger partial charge in [0.25, 0.3) is 0 Å². The predicted molar refractivity (Wildman–Crippen MR) is 80.7 cm³/mol. The Balaban J connectivity index is 2.14. The molecule has 7 nitrogen and oxygen atoms in total. The average Bonchev–Trinajstić information content (AvgIpc) is 3.04. The van der Waals surface area contributed by atoms with E-state index in [0.717, 1.165) is 0 Å². The molecule has 1 N–H and O–H groups in total. The van der Waals surface area contributed by atoms with Gasteiger partial charge in [0.15, 0.2) is 0 Å². The van der Waals surface area contributed by atoms with E-state index in [0.29, 0.717) is 38.8 Å². The molecule has 0 aromatic carbocycles. The molecule has 0 aliphatic carbocycles. The van der Waals surface area contributed by atoms with Gasteiger partial charge in [-0.05, 0) is 32.6 Å². The van der Waals surface area contributed by atoms with E-state index in [-0.39, 0.29) is 17.7 Å². The van der Waals surface area contributed by atoms with Gasteiger partial charge < -0.3 is 10.0 Å². The summed E-state index contributed by atoms with van der Waals surface area (Å²) in [6, 6.07) is -1.05. The van der Waals surface area contributed by atoms with Crippen molar-refractivity contribution in [1.82, 2.24) is 9.21 Å². The lowest BCUT2D eigenvalue weighted by atomic mass is 10.0. The van der Waals surface area contributed by atoms with Crippen LogP contribution in [0, 0.1) is 5.92 Å². The van der Waals surface area contributed by atoms with Crippen molar-refractivity contribution in [2.45, 2.75) is 51.6 Å². The molecule has 3 unspecified atom stereocenters. The Morgan fingerprint density at radius 3 is 2.45 bits per heavy atom. The van der Waals surface area contributed by atoms with E-state index in [1.54, 1.807) is 18.7 Å². The normalized spacial score (nSPS) is 29.9. The van der Waals surface area contributed by atoms with E-state index < -0.39 is 28.0 Å². The molecule has 0 radical (unpaired) electrons. The quantitative estimate of drug-likeness (QED) is 0.791. The van der Waals surface area contributed by atoms with Crippen molar-refractivity contribution in [3.05, 3.63) is 0 Å². The molecule has 0 aromatic heterocycles. The molecular weight excluding hydrogens is 308 g/mol. The van der Waals surface area contributed by atoms with Crippen LogP contribution in [0.2, 0.25) is 0 Å². The van der Waals surface area contributed by atoms with Crippen LogP contribution in [-0.2, 0) is 19.6 Å². The second-order valence-corrected chi connectivity index (χ2v) is 8.13. The molecule has 126 valence electrons. The fraction of sp³-hybridized carbons (Fsp3) is 0.857. The van der Waals surface area contributed by atoms with Crippen LogP contribution in [0.15, 0.2) is 0 Å². The topological polar surface area (TPSA) is 95.0 Å². The number of likely N-dealkylation sites (tertiary alicyclic amines) is 1. The third-order valence-corrected chi connectivity index (χ3v) is 6.74. The second kappa shape index (κ2) is 6.54. The molecule has 0 spiro atoms. The first-order valence-corrected chi connectivity index (χ1v) is 9.43. The molecule has 0 bridgehead atoms. The van der Waals surface area contributed by atoms with Crippen molar-refractivity contribution >= 4 is 21.9 Å². The molecule has 2 saturated heterocycles. The highest BCUT2D eigenvalue weighted by Crippen LogP contribution is 2.29. The molecule has 2 aliphatic heterocycles. The highest BCUT2D eigenvalue weighted by molar-refractivity contribution is 7.89. The summed E-state index contributed by atoms with van der Waals surface area (Å²) in [6.45, 7) is 4.28. The van der Waals surface area contributed by atoms with Gasteiger partial charge in [0.1, 0.15) is 6.04 Å². The Hall–Kier alpha value is -1.15. The van der Waals surface area contributed by atoms with Crippen LogP contribution in [0.3, 0.4) is 0 Å².